The molecule has 6 aromatic carbocycles. The number of hydrogen-bond acceptors (Lipinski definition) is 5. The highest BCUT2D eigenvalue weighted by molar-refractivity contribution is 8.00. The van der Waals surface area contributed by atoms with Crippen LogP contribution in [0.25, 0.3) is 16.8 Å². The molecule has 0 aliphatic rings. The lowest BCUT2D eigenvalue weighted by Gasteiger charge is -2.16. The fraction of sp³-hybridized carbons (Fsp3) is 0.0930. The van der Waals surface area contributed by atoms with Crippen molar-refractivity contribution < 1.29 is 19.1 Å². The molecule has 0 aliphatic carbocycles. The molecule has 51 heavy (non-hydrogen) atoms. The van der Waals surface area contributed by atoms with Gasteiger partial charge in [0.05, 0.1) is 5.25 Å². The van der Waals surface area contributed by atoms with Crippen LogP contribution in [0.4, 0.5) is 11.4 Å². The van der Waals surface area contributed by atoms with Crippen molar-refractivity contribution in [1.82, 2.24) is 5.32 Å². The van der Waals surface area contributed by atoms with Crippen molar-refractivity contribution in [3.8, 4) is 5.75 Å². The second kappa shape index (κ2) is 17.0. The molecule has 0 fully saturated rings. The number of amides is 3. The van der Waals surface area contributed by atoms with E-state index in [4.69, 9.17) is 4.74 Å². The Bertz CT molecular complexity index is 2150. The predicted octanol–water partition coefficient (Wildman–Crippen LogP) is 9.34. The Morgan fingerprint density at radius 3 is 2.12 bits per heavy atom. The first-order valence-electron chi connectivity index (χ1n) is 16.7. The maximum Gasteiger partial charge on any atom is 0.272 e. The lowest BCUT2D eigenvalue weighted by atomic mass is 10.1. The number of fused-ring (bicyclic) bond motifs is 1. The van der Waals surface area contributed by atoms with Gasteiger partial charge in [0.15, 0.2) is 0 Å². The summed E-state index contributed by atoms with van der Waals surface area (Å²) in [5.41, 5.74) is 3.52. The van der Waals surface area contributed by atoms with Crippen molar-refractivity contribution in [1.29, 1.82) is 0 Å². The van der Waals surface area contributed by atoms with Crippen LogP contribution in [0.3, 0.4) is 0 Å². The van der Waals surface area contributed by atoms with Gasteiger partial charge in [-0.2, -0.15) is 0 Å². The summed E-state index contributed by atoms with van der Waals surface area (Å²) < 4.78 is 5.91. The number of nitrogens with one attached hydrogen (secondary N) is 3. The summed E-state index contributed by atoms with van der Waals surface area (Å²) in [6.45, 7) is 2.40. The van der Waals surface area contributed by atoms with Crippen LogP contribution in [-0.4, -0.2) is 23.0 Å². The van der Waals surface area contributed by atoms with Gasteiger partial charge in [-0.3, -0.25) is 14.4 Å². The molecule has 0 bridgehead atoms. The van der Waals surface area contributed by atoms with Crippen molar-refractivity contribution >= 4 is 57.7 Å². The summed E-state index contributed by atoms with van der Waals surface area (Å²) in [6, 6.07) is 47.1. The molecule has 0 saturated heterocycles. The molecule has 0 saturated carbocycles. The van der Waals surface area contributed by atoms with E-state index in [1.807, 2.05) is 128 Å². The molecule has 0 spiro atoms. The Labute approximate surface area is 301 Å². The van der Waals surface area contributed by atoms with Crippen molar-refractivity contribution in [2.24, 2.45) is 0 Å². The van der Waals surface area contributed by atoms with E-state index in [1.54, 1.807) is 36.4 Å². The summed E-state index contributed by atoms with van der Waals surface area (Å²) >= 11 is 1.42. The zero-order chi connectivity index (χ0) is 35.4. The molecule has 0 heterocycles. The van der Waals surface area contributed by atoms with Crippen molar-refractivity contribution in [3.63, 3.8) is 0 Å². The van der Waals surface area contributed by atoms with E-state index in [-0.39, 0.29) is 16.9 Å². The van der Waals surface area contributed by atoms with E-state index in [2.05, 4.69) is 16.0 Å². The Balaban J connectivity index is 1.15. The van der Waals surface area contributed by atoms with Crippen LogP contribution in [-0.2, 0) is 16.2 Å². The van der Waals surface area contributed by atoms with Gasteiger partial charge in [-0.05, 0) is 89.0 Å². The number of carbonyl (C=O) groups excluding carboxylic acids is 3. The second-order valence-electron chi connectivity index (χ2n) is 11.8. The quantitative estimate of drug-likeness (QED) is 0.0829. The maximum absolute atomic E-state index is 13.7. The molecule has 6 rings (SSSR count). The Kier molecular flexibility index (Phi) is 11.6. The standard InChI is InChI=1S/C43H37N3O4S/c1-2-40(43(49)45-36-23-22-32-14-9-10-17-34(32)27-36)51-38-19-11-18-35(28-38)44-42(48)39(46-41(47)33-15-7-4-8-16-33)26-30-20-24-37(25-21-30)50-29-31-12-5-3-6-13-31/h3-28,40H,2,29H2,1H3,(H,44,48)(H,45,49)(H,46,47)/b39-26+. The van der Waals surface area contributed by atoms with Gasteiger partial charge in [0.1, 0.15) is 18.1 Å². The van der Waals surface area contributed by atoms with Crippen molar-refractivity contribution in [2.75, 3.05) is 10.6 Å². The third-order valence-electron chi connectivity index (χ3n) is 8.02. The van der Waals surface area contributed by atoms with E-state index < -0.39 is 11.8 Å². The summed E-state index contributed by atoms with van der Waals surface area (Å²) in [4.78, 5) is 41.0. The fourth-order valence-corrected chi connectivity index (χ4v) is 6.35. The normalized spacial score (nSPS) is 11.7. The number of anilines is 2. The van der Waals surface area contributed by atoms with Crippen LogP contribution in [0.15, 0.2) is 162 Å². The number of benzene rings is 6. The lowest BCUT2D eigenvalue weighted by Crippen LogP contribution is -2.30. The summed E-state index contributed by atoms with van der Waals surface area (Å²) in [6.07, 6.45) is 2.23. The predicted molar refractivity (Wildman–Crippen MR) is 207 cm³/mol. The molecule has 0 radical (unpaired) electrons. The van der Waals surface area contributed by atoms with Crippen molar-refractivity contribution in [3.05, 3.63) is 174 Å². The average molecular weight is 692 g/mol. The van der Waals surface area contributed by atoms with Gasteiger partial charge in [0, 0.05) is 21.8 Å². The van der Waals surface area contributed by atoms with Crippen LogP contribution >= 0.6 is 11.8 Å². The lowest BCUT2D eigenvalue weighted by molar-refractivity contribution is -0.116. The van der Waals surface area contributed by atoms with E-state index in [0.717, 1.165) is 26.9 Å². The molecule has 254 valence electrons. The van der Waals surface area contributed by atoms with E-state index in [9.17, 15) is 14.4 Å². The van der Waals surface area contributed by atoms with Gasteiger partial charge in [-0.15, -0.1) is 11.8 Å². The molecule has 1 unspecified atom stereocenters. The Morgan fingerprint density at radius 1 is 0.686 bits per heavy atom. The number of rotatable bonds is 13. The minimum atomic E-state index is -0.494. The van der Waals surface area contributed by atoms with Crippen LogP contribution in [0.2, 0.25) is 0 Å². The van der Waals surface area contributed by atoms with Gasteiger partial charge >= 0.3 is 0 Å². The summed E-state index contributed by atoms with van der Waals surface area (Å²) in [5, 5.41) is 10.6. The van der Waals surface area contributed by atoms with Crippen molar-refractivity contribution in [2.45, 2.75) is 30.1 Å². The topological polar surface area (TPSA) is 96.5 Å². The number of ether oxygens (including phenoxy) is 1. The number of carbonyl (C=O) groups is 3. The average Bonchev–Trinajstić information content (AvgIpc) is 3.17. The first kappa shape index (κ1) is 34.7. The maximum atomic E-state index is 13.7. The number of thioether (sulfide) groups is 1. The van der Waals surface area contributed by atoms with E-state index in [1.165, 1.54) is 11.8 Å². The SMILES string of the molecule is CCC(Sc1cccc(NC(=O)/C(=C\c2ccc(OCc3ccccc3)cc2)NC(=O)c2ccccc2)c1)C(=O)Nc1ccc2ccccc2c1. The molecule has 0 aromatic heterocycles. The molecular formula is C43H37N3O4S. The van der Waals surface area contributed by atoms with Gasteiger partial charge in [0.2, 0.25) is 5.91 Å². The smallest absolute Gasteiger partial charge is 0.272 e. The monoisotopic (exact) mass is 691 g/mol. The summed E-state index contributed by atoms with van der Waals surface area (Å²) in [7, 11) is 0. The molecule has 6 aromatic rings. The zero-order valence-corrected chi connectivity index (χ0v) is 28.9. The molecule has 7 nitrogen and oxygen atoms in total. The first-order chi connectivity index (χ1) is 24.9. The third kappa shape index (κ3) is 9.74. The minimum Gasteiger partial charge on any atom is -0.489 e. The highest BCUT2D eigenvalue weighted by Crippen LogP contribution is 2.29. The number of hydrogen-bond donors (Lipinski definition) is 3. The Morgan fingerprint density at radius 2 is 1.37 bits per heavy atom. The van der Waals surface area contributed by atoms with Gasteiger partial charge in [-0.1, -0.05) is 104 Å². The van der Waals surface area contributed by atoms with Gasteiger partial charge in [-0.25, -0.2) is 0 Å². The van der Waals surface area contributed by atoms with Crippen LogP contribution in [0, 0.1) is 0 Å². The molecule has 0 aliphatic heterocycles. The van der Waals surface area contributed by atoms with Gasteiger partial charge in [0.25, 0.3) is 11.8 Å². The highest BCUT2D eigenvalue weighted by Gasteiger charge is 2.20. The zero-order valence-electron chi connectivity index (χ0n) is 28.0. The van der Waals surface area contributed by atoms with E-state index >= 15 is 0 Å². The highest BCUT2D eigenvalue weighted by atomic mass is 32.2. The van der Waals surface area contributed by atoms with Crippen LogP contribution in [0.5, 0.6) is 5.75 Å². The van der Waals surface area contributed by atoms with Crippen LogP contribution < -0.4 is 20.7 Å². The van der Waals surface area contributed by atoms with Crippen LogP contribution in [0.1, 0.15) is 34.8 Å². The summed E-state index contributed by atoms with van der Waals surface area (Å²) in [5.74, 6) is -0.322. The molecule has 1 atom stereocenters. The minimum absolute atomic E-state index is 0.0704. The van der Waals surface area contributed by atoms with Gasteiger partial charge < -0.3 is 20.7 Å². The Hall–Kier alpha value is -6.12. The fourth-order valence-electron chi connectivity index (χ4n) is 5.33. The molecule has 8 heteroatoms. The first-order valence-corrected chi connectivity index (χ1v) is 17.5. The molecular weight excluding hydrogens is 655 g/mol. The molecule has 3 N–H and O–H groups in total. The second-order valence-corrected chi connectivity index (χ2v) is 13.0. The molecule has 3 amide bonds. The van der Waals surface area contributed by atoms with E-state index in [0.29, 0.717) is 35.6 Å². The third-order valence-corrected chi connectivity index (χ3v) is 9.38. The largest absolute Gasteiger partial charge is 0.489 e.